The van der Waals surface area contributed by atoms with Gasteiger partial charge in [-0.25, -0.2) is 4.79 Å². The number of alkyl carbamates (subject to hydrolysis) is 1. The standard InChI is InChI=1S/C34H43N3O5/c1-21(2)37(32(40)27(20-25-15-10-9-11-16-25)35-33(41)42-34(6,7)8)30(26-17-18-28(38)24(5)19-26)31(39)36-29-22(3)13-12-14-23(29)4/h9-19,21,27,30,38H,20H2,1-8H3,(H,35,41)(H,36,39). The van der Waals surface area contributed by atoms with Crippen molar-refractivity contribution in [3.8, 4) is 5.75 Å². The van der Waals surface area contributed by atoms with Crippen molar-refractivity contribution < 1.29 is 24.2 Å². The van der Waals surface area contributed by atoms with Crippen LogP contribution in [0.15, 0.2) is 66.7 Å². The molecule has 0 fully saturated rings. The van der Waals surface area contributed by atoms with Gasteiger partial charge in [0.2, 0.25) is 5.91 Å². The van der Waals surface area contributed by atoms with E-state index in [1.54, 1.807) is 39.8 Å². The highest BCUT2D eigenvalue weighted by Gasteiger charge is 2.38. The third kappa shape index (κ3) is 8.35. The summed E-state index contributed by atoms with van der Waals surface area (Å²) in [4.78, 5) is 43.1. The molecule has 0 aliphatic rings. The number of ether oxygens (including phenoxy) is 1. The zero-order chi connectivity index (χ0) is 31.2. The normalized spacial score (nSPS) is 12.8. The summed E-state index contributed by atoms with van der Waals surface area (Å²) in [5, 5.41) is 16.1. The van der Waals surface area contributed by atoms with Crippen LogP contribution in [0.3, 0.4) is 0 Å². The molecule has 0 aliphatic carbocycles. The largest absolute Gasteiger partial charge is 0.508 e. The molecule has 3 amide bonds. The average molecular weight is 574 g/mol. The van der Waals surface area contributed by atoms with Gasteiger partial charge in [0.25, 0.3) is 5.91 Å². The number of carbonyl (C=O) groups excluding carboxylic acids is 3. The number of hydrogen-bond donors (Lipinski definition) is 3. The van der Waals surface area contributed by atoms with Crippen molar-refractivity contribution in [2.45, 2.75) is 85.5 Å². The Morgan fingerprint density at radius 1 is 0.881 bits per heavy atom. The number of amides is 3. The van der Waals surface area contributed by atoms with Crippen LogP contribution in [0.1, 0.15) is 68.5 Å². The van der Waals surface area contributed by atoms with Gasteiger partial charge in [-0.1, -0.05) is 54.6 Å². The number of benzene rings is 3. The highest BCUT2D eigenvalue weighted by atomic mass is 16.6. The Morgan fingerprint density at radius 2 is 1.50 bits per heavy atom. The Hall–Kier alpha value is -4.33. The van der Waals surface area contributed by atoms with E-state index in [9.17, 15) is 19.5 Å². The molecule has 8 nitrogen and oxygen atoms in total. The molecule has 0 saturated carbocycles. The molecule has 2 atom stereocenters. The van der Waals surface area contributed by atoms with Crippen LogP contribution in [-0.4, -0.2) is 45.6 Å². The molecule has 3 rings (SSSR count). The lowest BCUT2D eigenvalue weighted by Crippen LogP contribution is -2.55. The molecule has 0 heterocycles. The first kappa shape index (κ1) is 32.2. The lowest BCUT2D eigenvalue weighted by Gasteiger charge is -2.37. The van der Waals surface area contributed by atoms with Crippen LogP contribution in [0.4, 0.5) is 10.5 Å². The molecule has 8 heteroatoms. The molecule has 0 spiro atoms. The van der Waals surface area contributed by atoms with Crippen molar-refractivity contribution in [2.24, 2.45) is 0 Å². The van der Waals surface area contributed by atoms with Gasteiger partial charge in [-0.2, -0.15) is 0 Å². The number of aromatic hydroxyl groups is 1. The van der Waals surface area contributed by atoms with Crippen molar-refractivity contribution in [2.75, 3.05) is 5.32 Å². The number of carbonyl (C=O) groups is 3. The average Bonchev–Trinajstić information content (AvgIpc) is 2.89. The van der Waals surface area contributed by atoms with Crippen molar-refractivity contribution in [1.82, 2.24) is 10.2 Å². The number of rotatable bonds is 9. The quantitative estimate of drug-likeness (QED) is 0.276. The van der Waals surface area contributed by atoms with E-state index >= 15 is 0 Å². The number of phenolic OH excluding ortho intramolecular Hbond substituents is 1. The molecular formula is C34H43N3O5. The van der Waals surface area contributed by atoms with E-state index in [0.717, 1.165) is 16.7 Å². The fourth-order valence-corrected chi connectivity index (χ4v) is 4.85. The van der Waals surface area contributed by atoms with Crippen LogP contribution in [0.5, 0.6) is 5.75 Å². The molecule has 3 N–H and O–H groups in total. The molecule has 0 radical (unpaired) electrons. The second-order valence-electron chi connectivity index (χ2n) is 11.9. The molecule has 224 valence electrons. The first-order valence-electron chi connectivity index (χ1n) is 14.2. The van der Waals surface area contributed by atoms with Crippen LogP contribution in [0, 0.1) is 20.8 Å². The highest BCUT2D eigenvalue weighted by molar-refractivity contribution is 6.00. The first-order valence-corrected chi connectivity index (χ1v) is 14.2. The lowest BCUT2D eigenvalue weighted by molar-refractivity contribution is -0.142. The molecular weight excluding hydrogens is 530 g/mol. The molecule has 42 heavy (non-hydrogen) atoms. The van der Waals surface area contributed by atoms with Gasteiger partial charge in [-0.05, 0) is 95.3 Å². The lowest BCUT2D eigenvalue weighted by atomic mass is 9.97. The minimum atomic E-state index is -1.06. The monoisotopic (exact) mass is 573 g/mol. The second-order valence-corrected chi connectivity index (χ2v) is 11.9. The molecule has 0 aromatic heterocycles. The maximum absolute atomic E-state index is 14.5. The van der Waals surface area contributed by atoms with E-state index in [1.807, 2.05) is 76.2 Å². The van der Waals surface area contributed by atoms with Crippen molar-refractivity contribution >= 4 is 23.6 Å². The van der Waals surface area contributed by atoms with E-state index < -0.39 is 41.6 Å². The minimum Gasteiger partial charge on any atom is -0.508 e. The summed E-state index contributed by atoms with van der Waals surface area (Å²) in [7, 11) is 0. The number of nitrogens with zero attached hydrogens (tertiary/aromatic N) is 1. The number of aryl methyl sites for hydroxylation is 3. The summed E-state index contributed by atoms with van der Waals surface area (Å²) < 4.78 is 5.50. The van der Waals surface area contributed by atoms with Crippen LogP contribution in [0.2, 0.25) is 0 Å². The van der Waals surface area contributed by atoms with Gasteiger partial charge in [0, 0.05) is 18.2 Å². The van der Waals surface area contributed by atoms with E-state index in [-0.39, 0.29) is 12.2 Å². The second kappa shape index (κ2) is 13.6. The van der Waals surface area contributed by atoms with Crippen molar-refractivity contribution in [1.29, 1.82) is 0 Å². The topological polar surface area (TPSA) is 108 Å². The van der Waals surface area contributed by atoms with Gasteiger partial charge in [0.1, 0.15) is 23.4 Å². The van der Waals surface area contributed by atoms with Crippen molar-refractivity contribution in [3.05, 3.63) is 94.5 Å². The smallest absolute Gasteiger partial charge is 0.408 e. The summed E-state index contributed by atoms with van der Waals surface area (Å²) in [5.74, 6) is -0.758. The van der Waals surface area contributed by atoms with Gasteiger partial charge in [0.15, 0.2) is 0 Å². The van der Waals surface area contributed by atoms with Crippen molar-refractivity contribution in [3.63, 3.8) is 0 Å². The van der Waals surface area contributed by atoms with Crippen LogP contribution in [0.25, 0.3) is 0 Å². The number of para-hydroxylation sites is 1. The van der Waals surface area contributed by atoms with Crippen LogP contribution < -0.4 is 10.6 Å². The number of hydrogen-bond acceptors (Lipinski definition) is 5. The Kier molecular flexibility index (Phi) is 10.4. The highest BCUT2D eigenvalue weighted by Crippen LogP contribution is 2.31. The maximum atomic E-state index is 14.5. The Balaban J connectivity index is 2.10. The number of anilines is 1. The fraction of sp³-hybridized carbons (Fsp3) is 0.382. The Morgan fingerprint density at radius 3 is 2.05 bits per heavy atom. The third-order valence-corrected chi connectivity index (χ3v) is 6.87. The first-order chi connectivity index (χ1) is 19.7. The molecule has 2 unspecified atom stereocenters. The van der Waals surface area contributed by atoms with E-state index in [1.165, 1.54) is 11.0 Å². The summed E-state index contributed by atoms with van der Waals surface area (Å²) in [6.45, 7) is 14.5. The summed E-state index contributed by atoms with van der Waals surface area (Å²) in [6.07, 6.45) is -0.528. The van der Waals surface area contributed by atoms with E-state index in [2.05, 4.69) is 10.6 Å². The predicted octanol–water partition coefficient (Wildman–Crippen LogP) is 6.37. The van der Waals surface area contributed by atoms with Gasteiger partial charge < -0.3 is 25.4 Å². The van der Waals surface area contributed by atoms with Gasteiger partial charge in [-0.3, -0.25) is 9.59 Å². The van der Waals surface area contributed by atoms with Gasteiger partial charge in [0.05, 0.1) is 0 Å². The predicted molar refractivity (Wildman–Crippen MR) is 165 cm³/mol. The fourth-order valence-electron chi connectivity index (χ4n) is 4.85. The maximum Gasteiger partial charge on any atom is 0.408 e. The molecule has 3 aromatic carbocycles. The zero-order valence-corrected chi connectivity index (χ0v) is 25.8. The molecule has 0 saturated heterocycles. The van der Waals surface area contributed by atoms with E-state index in [4.69, 9.17) is 4.74 Å². The summed E-state index contributed by atoms with van der Waals surface area (Å²) in [5.41, 5.74) is 3.63. The molecule has 0 aliphatic heterocycles. The van der Waals surface area contributed by atoms with Crippen LogP contribution in [-0.2, 0) is 20.7 Å². The zero-order valence-electron chi connectivity index (χ0n) is 25.8. The summed E-state index contributed by atoms with van der Waals surface area (Å²) in [6, 6.07) is 17.5. The van der Waals surface area contributed by atoms with E-state index in [0.29, 0.717) is 16.8 Å². The number of phenols is 1. The van der Waals surface area contributed by atoms with Gasteiger partial charge >= 0.3 is 6.09 Å². The van der Waals surface area contributed by atoms with Crippen LogP contribution >= 0.6 is 0 Å². The molecule has 0 bridgehead atoms. The third-order valence-electron chi connectivity index (χ3n) is 6.87. The Bertz CT molecular complexity index is 1390. The SMILES string of the molecule is Cc1cc(C(C(=O)Nc2c(C)cccc2C)N(C(=O)C(Cc2ccccc2)NC(=O)OC(C)(C)C)C(C)C)ccc1O. The van der Waals surface area contributed by atoms with Gasteiger partial charge in [-0.15, -0.1) is 0 Å². The number of nitrogens with one attached hydrogen (secondary N) is 2. The Labute approximate surface area is 249 Å². The minimum absolute atomic E-state index is 0.0867. The summed E-state index contributed by atoms with van der Waals surface area (Å²) >= 11 is 0. The molecule has 3 aromatic rings.